The zero-order valence-corrected chi connectivity index (χ0v) is 24.2. The fourth-order valence-corrected chi connectivity index (χ4v) is 10.9. The highest BCUT2D eigenvalue weighted by atomic mass is 28.4. The SMILES string of the molecule is CC(=O)[C@H]1C(O[Si](C)(C)C)C[C@H]2[C@@H]3CC=C4CC(O[Si](C)(C)C)CC[C@]4(C)[C@H]3CC[C@]12C. The number of carbonyl (C=O) groups is 1. The molecule has 0 N–H and O–H groups in total. The van der Waals surface area contributed by atoms with Crippen molar-refractivity contribution in [1.29, 1.82) is 0 Å². The molecule has 0 radical (unpaired) electrons. The van der Waals surface area contributed by atoms with E-state index in [1.165, 1.54) is 32.1 Å². The highest BCUT2D eigenvalue weighted by Crippen LogP contribution is 2.66. The van der Waals surface area contributed by atoms with Crippen LogP contribution >= 0.6 is 0 Å². The Morgan fingerprint density at radius 1 is 0.969 bits per heavy atom. The summed E-state index contributed by atoms with van der Waals surface area (Å²) in [7, 11) is -3.20. The number of allylic oxidation sites excluding steroid dienone is 1. The molecule has 0 spiro atoms. The van der Waals surface area contributed by atoms with Crippen LogP contribution in [0.15, 0.2) is 11.6 Å². The third-order valence-corrected chi connectivity index (χ3v) is 11.6. The number of carbonyl (C=O) groups excluding carboxylic acids is 1. The van der Waals surface area contributed by atoms with Crippen molar-refractivity contribution in [2.45, 2.75) is 117 Å². The summed E-state index contributed by atoms with van der Waals surface area (Å²) in [5.41, 5.74) is 2.12. The number of rotatable bonds is 5. The van der Waals surface area contributed by atoms with Crippen LogP contribution in [0.4, 0.5) is 0 Å². The van der Waals surface area contributed by atoms with E-state index in [1.807, 2.05) is 6.92 Å². The molecule has 0 amide bonds. The summed E-state index contributed by atoms with van der Waals surface area (Å²) in [6.45, 7) is 20.6. The molecule has 0 aromatic heterocycles. The minimum absolute atomic E-state index is 0.0826. The summed E-state index contributed by atoms with van der Waals surface area (Å²) >= 11 is 0. The standard InChI is InChI=1S/C27H48O3Si2/c1-18(28)25-24(30-32(7,8)9)17-23-21-11-10-19-16-20(29-31(4,5)6)12-14-26(19,2)22(21)13-15-27(23,25)3/h10,20-25H,11-17H2,1-9H3/t20?,21-,22+,23+,24?,25+,26+,27+/m1/s1. The van der Waals surface area contributed by atoms with Crippen molar-refractivity contribution in [3.63, 3.8) is 0 Å². The minimum atomic E-state index is -1.70. The fraction of sp³-hybridized carbons (Fsp3) is 0.889. The predicted molar refractivity (Wildman–Crippen MR) is 138 cm³/mol. The molecule has 3 nitrogen and oxygen atoms in total. The molecule has 0 aromatic rings. The lowest BCUT2D eigenvalue weighted by molar-refractivity contribution is -0.130. The monoisotopic (exact) mass is 476 g/mol. The van der Waals surface area contributed by atoms with Crippen LogP contribution in [0.5, 0.6) is 0 Å². The Labute approximate surface area is 199 Å². The molecule has 0 bridgehead atoms. The Morgan fingerprint density at radius 3 is 2.22 bits per heavy atom. The number of hydrogen-bond donors (Lipinski definition) is 0. The maximum absolute atomic E-state index is 12.9. The van der Waals surface area contributed by atoms with Crippen molar-refractivity contribution in [2.75, 3.05) is 0 Å². The molecule has 182 valence electrons. The van der Waals surface area contributed by atoms with Gasteiger partial charge in [-0.25, -0.2) is 0 Å². The highest BCUT2D eigenvalue weighted by Gasteiger charge is 2.62. The van der Waals surface area contributed by atoms with Crippen LogP contribution in [-0.2, 0) is 13.6 Å². The Balaban J connectivity index is 1.60. The van der Waals surface area contributed by atoms with E-state index in [-0.39, 0.29) is 17.4 Å². The molecular weight excluding hydrogens is 428 g/mol. The first-order valence-corrected chi connectivity index (χ1v) is 20.0. The Hall–Kier alpha value is -0.236. The Morgan fingerprint density at radius 2 is 1.62 bits per heavy atom. The van der Waals surface area contributed by atoms with Gasteiger partial charge in [-0.15, -0.1) is 0 Å². The molecular formula is C27H48O3Si2. The predicted octanol–water partition coefficient (Wildman–Crippen LogP) is 7.20. The molecule has 2 unspecified atom stereocenters. The molecule has 0 heterocycles. The van der Waals surface area contributed by atoms with Gasteiger partial charge in [-0.1, -0.05) is 25.5 Å². The molecule has 0 aliphatic heterocycles. The molecule has 3 fully saturated rings. The molecule has 32 heavy (non-hydrogen) atoms. The van der Waals surface area contributed by atoms with Crippen LogP contribution in [0.3, 0.4) is 0 Å². The van der Waals surface area contributed by atoms with Gasteiger partial charge in [0.1, 0.15) is 5.78 Å². The van der Waals surface area contributed by atoms with Crippen LogP contribution < -0.4 is 0 Å². The van der Waals surface area contributed by atoms with Crippen molar-refractivity contribution in [3.05, 3.63) is 11.6 Å². The molecule has 3 saturated carbocycles. The molecule has 8 atom stereocenters. The van der Waals surface area contributed by atoms with Crippen molar-refractivity contribution in [3.8, 4) is 0 Å². The Bertz CT molecular complexity index is 779. The summed E-state index contributed by atoms with van der Waals surface area (Å²) in [5.74, 6) is 2.51. The topological polar surface area (TPSA) is 35.5 Å². The minimum Gasteiger partial charge on any atom is -0.414 e. The van der Waals surface area contributed by atoms with Gasteiger partial charge in [0.15, 0.2) is 16.6 Å². The van der Waals surface area contributed by atoms with Crippen molar-refractivity contribution in [1.82, 2.24) is 0 Å². The number of hydrogen-bond acceptors (Lipinski definition) is 3. The molecule has 4 rings (SSSR count). The van der Waals surface area contributed by atoms with Crippen molar-refractivity contribution in [2.24, 2.45) is 34.5 Å². The Kier molecular flexibility index (Phi) is 6.35. The van der Waals surface area contributed by atoms with Gasteiger partial charge in [0.2, 0.25) is 0 Å². The average molecular weight is 477 g/mol. The van der Waals surface area contributed by atoms with Gasteiger partial charge in [0.25, 0.3) is 0 Å². The second kappa shape index (κ2) is 8.17. The van der Waals surface area contributed by atoms with E-state index < -0.39 is 16.6 Å². The van der Waals surface area contributed by atoms with Gasteiger partial charge in [-0.3, -0.25) is 4.79 Å². The molecule has 0 aromatic carbocycles. The molecule has 0 saturated heterocycles. The normalized spacial score (nSPS) is 44.3. The second-order valence-electron chi connectivity index (χ2n) is 14.0. The van der Waals surface area contributed by atoms with Gasteiger partial charge in [0, 0.05) is 12.0 Å². The van der Waals surface area contributed by atoms with Crippen molar-refractivity contribution >= 4 is 22.4 Å². The van der Waals surface area contributed by atoms with E-state index in [0.29, 0.717) is 29.1 Å². The van der Waals surface area contributed by atoms with E-state index in [0.717, 1.165) is 18.8 Å². The smallest absolute Gasteiger partial charge is 0.184 e. The first-order chi connectivity index (χ1) is 14.6. The van der Waals surface area contributed by atoms with Gasteiger partial charge in [-0.2, -0.15) is 0 Å². The number of ketones is 1. The van der Waals surface area contributed by atoms with Crippen LogP contribution in [-0.4, -0.2) is 34.6 Å². The quantitative estimate of drug-likeness (QED) is 0.311. The lowest BCUT2D eigenvalue weighted by Crippen LogP contribution is -2.51. The van der Waals surface area contributed by atoms with Crippen molar-refractivity contribution < 1.29 is 13.6 Å². The third-order valence-electron chi connectivity index (χ3n) is 9.53. The zero-order valence-electron chi connectivity index (χ0n) is 22.2. The van der Waals surface area contributed by atoms with Gasteiger partial charge >= 0.3 is 0 Å². The summed E-state index contributed by atoms with van der Waals surface area (Å²) in [6, 6.07) is 0. The lowest BCUT2D eigenvalue weighted by Gasteiger charge is -2.58. The maximum Gasteiger partial charge on any atom is 0.184 e. The fourth-order valence-electron chi connectivity index (χ4n) is 8.51. The van der Waals surface area contributed by atoms with Crippen LogP contribution in [0.2, 0.25) is 39.3 Å². The number of Topliss-reactive ketones (excluding diaryl/α,β-unsaturated/α-hetero) is 1. The van der Waals surface area contributed by atoms with Crippen LogP contribution in [0.1, 0.15) is 65.7 Å². The summed E-state index contributed by atoms with van der Waals surface area (Å²) in [5, 5.41) is 0. The third kappa shape index (κ3) is 4.41. The van der Waals surface area contributed by atoms with E-state index in [4.69, 9.17) is 8.85 Å². The summed E-state index contributed by atoms with van der Waals surface area (Å²) < 4.78 is 13.2. The largest absolute Gasteiger partial charge is 0.414 e. The lowest BCUT2D eigenvalue weighted by atomic mass is 9.47. The van der Waals surface area contributed by atoms with E-state index in [9.17, 15) is 4.79 Å². The molecule has 4 aliphatic rings. The van der Waals surface area contributed by atoms with E-state index in [1.54, 1.807) is 5.57 Å². The zero-order chi connectivity index (χ0) is 23.7. The van der Waals surface area contributed by atoms with Crippen LogP contribution in [0.25, 0.3) is 0 Å². The number of fused-ring (bicyclic) bond motifs is 5. The average Bonchev–Trinajstić information content (AvgIpc) is 2.91. The van der Waals surface area contributed by atoms with Gasteiger partial charge in [0.05, 0.1) is 6.10 Å². The first-order valence-electron chi connectivity index (χ1n) is 13.2. The summed E-state index contributed by atoms with van der Waals surface area (Å²) in [6.07, 6.45) is 11.5. The second-order valence-corrected chi connectivity index (χ2v) is 22.9. The first kappa shape index (κ1) is 24.9. The van der Waals surface area contributed by atoms with Gasteiger partial charge < -0.3 is 8.85 Å². The molecule has 4 aliphatic carbocycles. The van der Waals surface area contributed by atoms with E-state index in [2.05, 4.69) is 59.2 Å². The summed E-state index contributed by atoms with van der Waals surface area (Å²) in [4.78, 5) is 12.9. The highest BCUT2D eigenvalue weighted by molar-refractivity contribution is 6.70. The van der Waals surface area contributed by atoms with Gasteiger partial charge in [-0.05, 0) is 120 Å². The maximum atomic E-state index is 12.9. The van der Waals surface area contributed by atoms with Crippen LogP contribution in [0, 0.1) is 34.5 Å². The molecule has 5 heteroatoms. The van der Waals surface area contributed by atoms with E-state index >= 15 is 0 Å².